The number of benzene rings is 1. The average Bonchev–Trinajstić information content (AvgIpc) is 2.95. The molecule has 0 bridgehead atoms. The lowest BCUT2D eigenvalue weighted by Crippen LogP contribution is -2.42. The summed E-state index contributed by atoms with van der Waals surface area (Å²) in [6.45, 7) is 1.35. The van der Waals surface area contributed by atoms with Crippen molar-refractivity contribution in [2.45, 2.75) is 18.9 Å². The third kappa shape index (κ3) is 2.85. The first-order valence-corrected chi connectivity index (χ1v) is 7.13. The highest BCUT2D eigenvalue weighted by Gasteiger charge is 2.35. The summed E-state index contributed by atoms with van der Waals surface area (Å²) in [5, 5.41) is 15.1. The molecule has 1 fully saturated rings. The number of aryl methyl sites for hydroxylation is 1. The molecule has 2 aliphatic rings. The number of carbonyl (C=O) groups excluding carboxylic acids is 1. The Bertz CT molecular complexity index is 573. The van der Waals surface area contributed by atoms with Gasteiger partial charge < -0.3 is 20.5 Å². The number of fused-ring (bicyclic) bond motifs is 1. The SMILES string of the molecule is O=C(NC1COCC1C(=O)O)c1ccc2c(c1)CCCN2. The van der Waals surface area contributed by atoms with Crippen molar-refractivity contribution in [2.75, 3.05) is 25.1 Å². The van der Waals surface area contributed by atoms with Gasteiger partial charge in [0.05, 0.1) is 19.3 Å². The van der Waals surface area contributed by atoms with E-state index in [4.69, 9.17) is 9.84 Å². The van der Waals surface area contributed by atoms with E-state index in [0.29, 0.717) is 5.56 Å². The van der Waals surface area contributed by atoms with Gasteiger partial charge in [-0.2, -0.15) is 0 Å². The lowest BCUT2D eigenvalue weighted by Gasteiger charge is -2.19. The number of aliphatic carboxylic acids is 1. The third-order valence-corrected chi connectivity index (χ3v) is 4.02. The minimum Gasteiger partial charge on any atom is -0.481 e. The molecule has 3 N–H and O–H groups in total. The van der Waals surface area contributed by atoms with Crippen LogP contribution < -0.4 is 10.6 Å². The fourth-order valence-corrected chi connectivity index (χ4v) is 2.81. The number of carbonyl (C=O) groups is 2. The maximum atomic E-state index is 12.3. The van der Waals surface area contributed by atoms with Gasteiger partial charge in [0, 0.05) is 17.8 Å². The highest BCUT2D eigenvalue weighted by Crippen LogP contribution is 2.23. The van der Waals surface area contributed by atoms with Crippen molar-refractivity contribution in [3.05, 3.63) is 29.3 Å². The smallest absolute Gasteiger partial charge is 0.311 e. The summed E-state index contributed by atoms with van der Waals surface area (Å²) in [6.07, 6.45) is 2.00. The van der Waals surface area contributed by atoms with Crippen molar-refractivity contribution in [1.29, 1.82) is 0 Å². The molecule has 6 heteroatoms. The van der Waals surface area contributed by atoms with Gasteiger partial charge in [0.25, 0.3) is 5.91 Å². The number of carboxylic acid groups (broad SMARTS) is 1. The Morgan fingerprint density at radius 1 is 1.33 bits per heavy atom. The number of hydrogen-bond acceptors (Lipinski definition) is 4. The minimum atomic E-state index is -0.938. The summed E-state index contributed by atoms with van der Waals surface area (Å²) in [6, 6.07) is 5.08. The molecule has 0 saturated carbocycles. The van der Waals surface area contributed by atoms with Crippen molar-refractivity contribution in [3.8, 4) is 0 Å². The zero-order valence-corrected chi connectivity index (χ0v) is 11.6. The molecule has 112 valence electrons. The van der Waals surface area contributed by atoms with Gasteiger partial charge in [-0.25, -0.2) is 0 Å². The number of carboxylic acids is 1. The largest absolute Gasteiger partial charge is 0.481 e. The molecule has 1 aromatic rings. The molecule has 1 amide bonds. The van der Waals surface area contributed by atoms with Crippen molar-refractivity contribution in [3.63, 3.8) is 0 Å². The van der Waals surface area contributed by atoms with Gasteiger partial charge in [-0.15, -0.1) is 0 Å². The molecule has 6 nitrogen and oxygen atoms in total. The summed E-state index contributed by atoms with van der Waals surface area (Å²) < 4.78 is 5.15. The van der Waals surface area contributed by atoms with E-state index in [2.05, 4.69) is 10.6 Å². The predicted molar refractivity (Wildman–Crippen MR) is 76.5 cm³/mol. The lowest BCUT2D eigenvalue weighted by atomic mass is 9.99. The Kier molecular flexibility index (Phi) is 3.79. The molecule has 0 spiro atoms. The zero-order valence-electron chi connectivity index (χ0n) is 11.6. The summed E-state index contributed by atoms with van der Waals surface area (Å²) in [5.74, 6) is -1.86. The average molecular weight is 290 g/mol. The van der Waals surface area contributed by atoms with E-state index in [0.717, 1.165) is 30.6 Å². The van der Waals surface area contributed by atoms with Crippen LogP contribution in [0.5, 0.6) is 0 Å². The standard InChI is InChI=1S/C15H18N2O4/c18-14(17-13-8-21-7-11(13)15(19)20)10-3-4-12-9(6-10)2-1-5-16-12/h3-4,6,11,13,16H,1-2,5,7-8H2,(H,17,18)(H,19,20). The molecule has 3 rings (SSSR count). The molecule has 2 atom stereocenters. The second kappa shape index (κ2) is 5.73. The minimum absolute atomic E-state index is 0.147. The monoisotopic (exact) mass is 290 g/mol. The van der Waals surface area contributed by atoms with E-state index >= 15 is 0 Å². The molecule has 21 heavy (non-hydrogen) atoms. The number of anilines is 1. The van der Waals surface area contributed by atoms with Crippen molar-refractivity contribution in [1.82, 2.24) is 5.32 Å². The molecule has 2 aliphatic heterocycles. The van der Waals surface area contributed by atoms with Crippen LogP contribution in [-0.4, -0.2) is 42.8 Å². The van der Waals surface area contributed by atoms with Crippen LogP contribution in [0.15, 0.2) is 18.2 Å². The fourth-order valence-electron chi connectivity index (χ4n) is 2.81. The second-order valence-electron chi connectivity index (χ2n) is 5.46. The van der Waals surface area contributed by atoms with Crippen LogP contribution in [0.3, 0.4) is 0 Å². The van der Waals surface area contributed by atoms with Gasteiger partial charge in [-0.3, -0.25) is 9.59 Å². The Morgan fingerprint density at radius 3 is 3.00 bits per heavy atom. The van der Waals surface area contributed by atoms with E-state index in [1.165, 1.54) is 0 Å². The van der Waals surface area contributed by atoms with Gasteiger partial charge in [0.1, 0.15) is 5.92 Å². The summed E-state index contributed by atoms with van der Waals surface area (Å²) >= 11 is 0. The molecular formula is C15H18N2O4. The van der Waals surface area contributed by atoms with Crippen LogP contribution >= 0.6 is 0 Å². The number of ether oxygens (including phenoxy) is 1. The van der Waals surface area contributed by atoms with Crippen LogP contribution in [-0.2, 0) is 16.0 Å². The number of nitrogens with one attached hydrogen (secondary N) is 2. The van der Waals surface area contributed by atoms with Gasteiger partial charge in [0.15, 0.2) is 0 Å². The first kappa shape index (κ1) is 13.9. The Balaban J connectivity index is 1.72. The Labute approximate surface area is 122 Å². The molecule has 0 aliphatic carbocycles. The summed E-state index contributed by atoms with van der Waals surface area (Å²) in [4.78, 5) is 23.4. The number of amides is 1. The van der Waals surface area contributed by atoms with Crippen LogP contribution in [0.2, 0.25) is 0 Å². The number of rotatable bonds is 3. The van der Waals surface area contributed by atoms with Crippen LogP contribution in [0.1, 0.15) is 22.3 Å². The third-order valence-electron chi connectivity index (χ3n) is 4.02. The molecule has 2 heterocycles. The molecule has 1 saturated heterocycles. The highest BCUT2D eigenvalue weighted by molar-refractivity contribution is 5.95. The second-order valence-corrected chi connectivity index (χ2v) is 5.46. The molecule has 0 aromatic heterocycles. The first-order valence-electron chi connectivity index (χ1n) is 7.13. The normalized spacial score (nSPS) is 24.0. The van der Waals surface area contributed by atoms with Crippen molar-refractivity contribution >= 4 is 17.6 Å². The van der Waals surface area contributed by atoms with E-state index < -0.39 is 17.9 Å². The molecule has 2 unspecified atom stereocenters. The fraction of sp³-hybridized carbons (Fsp3) is 0.467. The molecule has 1 aromatic carbocycles. The first-order chi connectivity index (χ1) is 10.1. The van der Waals surface area contributed by atoms with E-state index in [-0.39, 0.29) is 19.1 Å². The van der Waals surface area contributed by atoms with E-state index in [1.54, 1.807) is 6.07 Å². The van der Waals surface area contributed by atoms with Crippen LogP contribution in [0.25, 0.3) is 0 Å². The topological polar surface area (TPSA) is 87.7 Å². The van der Waals surface area contributed by atoms with Crippen molar-refractivity contribution in [2.24, 2.45) is 5.92 Å². The van der Waals surface area contributed by atoms with E-state index in [1.807, 2.05) is 12.1 Å². The summed E-state index contributed by atoms with van der Waals surface area (Å²) in [7, 11) is 0. The van der Waals surface area contributed by atoms with Gasteiger partial charge >= 0.3 is 5.97 Å². The molecular weight excluding hydrogens is 272 g/mol. The lowest BCUT2D eigenvalue weighted by molar-refractivity contribution is -0.142. The van der Waals surface area contributed by atoms with Gasteiger partial charge in [0.2, 0.25) is 0 Å². The number of hydrogen-bond donors (Lipinski definition) is 3. The van der Waals surface area contributed by atoms with E-state index in [9.17, 15) is 9.59 Å². The molecule has 0 radical (unpaired) electrons. The quantitative estimate of drug-likeness (QED) is 0.769. The zero-order chi connectivity index (χ0) is 14.8. The highest BCUT2D eigenvalue weighted by atomic mass is 16.5. The summed E-state index contributed by atoms with van der Waals surface area (Å²) in [5.41, 5.74) is 2.77. The maximum Gasteiger partial charge on any atom is 0.311 e. The van der Waals surface area contributed by atoms with Crippen molar-refractivity contribution < 1.29 is 19.4 Å². The van der Waals surface area contributed by atoms with Gasteiger partial charge in [-0.05, 0) is 36.6 Å². The van der Waals surface area contributed by atoms with Gasteiger partial charge in [-0.1, -0.05) is 0 Å². The maximum absolute atomic E-state index is 12.3. The van der Waals surface area contributed by atoms with Crippen LogP contribution in [0, 0.1) is 5.92 Å². The Hall–Kier alpha value is -2.08. The predicted octanol–water partition coefficient (Wildman–Crippen LogP) is 0.874. The van der Waals surface area contributed by atoms with Crippen LogP contribution in [0.4, 0.5) is 5.69 Å². The Morgan fingerprint density at radius 2 is 2.19 bits per heavy atom.